The molecule has 4 aromatic rings. The molecule has 29 heavy (non-hydrogen) atoms. The fraction of sp³-hybridized carbons (Fsp3) is 0.0909. The van der Waals surface area contributed by atoms with Crippen LogP contribution in [0.15, 0.2) is 79.3 Å². The molecule has 1 amide bonds. The summed E-state index contributed by atoms with van der Waals surface area (Å²) in [4.78, 5) is 13.1. The summed E-state index contributed by atoms with van der Waals surface area (Å²) >= 11 is 0. The van der Waals surface area contributed by atoms with E-state index >= 15 is 0 Å². The molecule has 0 unspecified atom stereocenters. The second-order valence-electron chi connectivity index (χ2n) is 6.24. The second kappa shape index (κ2) is 7.93. The van der Waals surface area contributed by atoms with E-state index in [1.54, 1.807) is 43.3 Å². The minimum Gasteiger partial charge on any atom is -0.493 e. The van der Waals surface area contributed by atoms with Crippen molar-refractivity contribution in [2.24, 2.45) is 0 Å². The maximum absolute atomic E-state index is 13.1. The SMILES string of the molecule is COc1ccc(NC(=O)c2cnn(-c3ccccc3)c2-n2cccc2)cc1OC. The van der Waals surface area contributed by atoms with Crippen molar-refractivity contribution in [1.82, 2.24) is 14.3 Å². The molecule has 2 aromatic heterocycles. The summed E-state index contributed by atoms with van der Waals surface area (Å²) in [5.41, 5.74) is 1.90. The van der Waals surface area contributed by atoms with E-state index in [1.165, 1.54) is 0 Å². The van der Waals surface area contributed by atoms with Crippen LogP contribution in [0.4, 0.5) is 5.69 Å². The van der Waals surface area contributed by atoms with Gasteiger partial charge in [0.15, 0.2) is 17.3 Å². The van der Waals surface area contributed by atoms with E-state index in [0.717, 1.165) is 5.69 Å². The molecule has 2 aromatic carbocycles. The van der Waals surface area contributed by atoms with Gasteiger partial charge >= 0.3 is 0 Å². The summed E-state index contributed by atoms with van der Waals surface area (Å²) in [5.74, 6) is 1.51. The Bertz CT molecular complexity index is 1120. The zero-order valence-corrected chi connectivity index (χ0v) is 16.1. The monoisotopic (exact) mass is 388 g/mol. The highest BCUT2D eigenvalue weighted by Crippen LogP contribution is 2.30. The summed E-state index contributed by atoms with van der Waals surface area (Å²) in [6, 6.07) is 18.7. The number of hydrogen-bond acceptors (Lipinski definition) is 4. The lowest BCUT2D eigenvalue weighted by molar-refractivity contribution is 0.102. The van der Waals surface area contributed by atoms with E-state index in [4.69, 9.17) is 9.47 Å². The van der Waals surface area contributed by atoms with E-state index in [2.05, 4.69) is 10.4 Å². The van der Waals surface area contributed by atoms with Crippen molar-refractivity contribution in [3.63, 3.8) is 0 Å². The average Bonchev–Trinajstić information content (AvgIpc) is 3.43. The normalized spacial score (nSPS) is 10.6. The highest BCUT2D eigenvalue weighted by Gasteiger charge is 2.20. The molecule has 0 atom stereocenters. The number of ether oxygens (including phenoxy) is 2. The van der Waals surface area contributed by atoms with E-state index in [0.29, 0.717) is 28.6 Å². The highest BCUT2D eigenvalue weighted by molar-refractivity contribution is 6.06. The van der Waals surface area contributed by atoms with Crippen molar-refractivity contribution in [1.29, 1.82) is 0 Å². The summed E-state index contributed by atoms with van der Waals surface area (Å²) in [6.07, 6.45) is 5.33. The molecule has 0 spiro atoms. The third-order valence-electron chi connectivity index (χ3n) is 4.48. The predicted octanol–water partition coefficient (Wildman–Crippen LogP) is 3.93. The lowest BCUT2D eigenvalue weighted by Crippen LogP contribution is -2.15. The van der Waals surface area contributed by atoms with E-state index < -0.39 is 0 Å². The van der Waals surface area contributed by atoms with Gasteiger partial charge in [-0.2, -0.15) is 5.10 Å². The predicted molar refractivity (Wildman–Crippen MR) is 110 cm³/mol. The minimum atomic E-state index is -0.275. The van der Waals surface area contributed by atoms with Gasteiger partial charge in [0.25, 0.3) is 5.91 Å². The Labute approximate surface area is 168 Å². The van der Waals surface area contributed by atoms with Crippen molar-refractivity contribution in [3.8, 4) is 23.0 Å². The molecule has 1 N–H and O–H groups in total. The number of benzene rings is 2. The number of amides is 1. The van der Waals surface area contributed by atoms with Crippen molar-refractivity contribution >= 4 is 11.6 Å². The van der Waals surface area contributed by atoms with Crippen LogP contribution in [0.5, 0.6) is 11.5 Å². The second-order valence-corrected chi connectivity index (χ2v) is 6.24. The summed E-state index contributed by atoms with van der Waals surface area (Å²) < 4.78 is 14.2. The molecule has 0 saturated carbocycles. The van der Waals surface area contributed by atoms with Gasteiger partial charge in [0, 0.05) is 24.1 Å². The van der Waals surface area contributed by atoms with Crippen LogP contribution in [-0.4, -0.2) is 34.5 Å². The molecule has 0 aliphatic carbocycles. The molecule has 0 aliphatic heterocycles. The summed E-state index contributed by atoms with van der Waals surface area (Å²) in [5, 5.41) is 7.37. The Kier molecular flexibility index (Phi) is 5.03. The summed E-state index contributed by atoms with van der Waals surface area (Å²) in [6.45, 7) is 0. The number of aromatic nitrogens is 3. The van der Waals surface area contributed by atoms with Crippen LogP contribution in [0.3, 0.4) is 0 Å². The molecule has 2 heterocycles. The minimum absolute atomic E-state index is 0.275. The molecular weight excluding hydrogens is 368 g/mol. The van der Waals surface area contributed by atoms with Crippen LogP contribution in [0.1, 0.15) is 10.4 Å². The Morgan fingerprint density at radius 3 is 2.34 bits per heavy atom. The van der Waals surface area contributed by atoms with Gasteiger partial charge in [0.05, 0.1) is 26.1 Å². The van der Waals surface area contributed by atoms with Crippen molar-refractivity contribution in [3.05, 3.63) is 84.8 Å². The molecule has 7 nitrogen and oxygen atoms in total. The molecule has 0 saturated heterocycles. The Balaban J connectivity index is 1.72. The largest absolute Gasteiger partial charge is 0.493 e. The number of methoxy groups -OCH3 is 2. The zero-order valence-electron chi connectivity index (χ0n) is 16.1. The number of nitrogens with zero attached hydrogens (tertiary/aromatic N) is 3. The van der Waals surface area contributed by atoms with Crippen molar-refractivity contribution < 1.29 is 14.3 Å². The number of hydrogen-bond donors (Lipinski definition) is 1. The molecule has 0 bridgehead atoms. The molecule has 146 valence electrons. The van der Waals surface area contributed by atoms with Crippen LogP contribution in [0.2, 0.25) is 0 Å². The fourth-order valence-corrected chi connectivity index (χ4v) is 3.10. The first-order chi connectivity index (χ1) is 14.2. The fourth-order valence-electron chi connectivity index (χ4n) is 3.10. The Hall–Kier alpha value is -4.00. The number of para-hydroxylation sites is 1. The number of nitrogens with one attached hydrogen (secondary N) is 1. The average molecular weight is 388 g/mol. The maximum Gasteiger partial charge on any atom is 0.261 e. The van der Waals surface area contributed by atoms with Gasteiger partial charge in [0.2, 0.25) is 0 Å². The quantitative estimate of drug-likeness (QED) is 0.543. The smallest absolute Gasteiger partial charge is 0.261 e. The van der Waals surface area contributed by atoms with Crippen molar-refractivity contribution in [2.75, 3.05) is 19.5 Å². The first kappa shape index (κ1) is 18.4. The molecule has 0 radical (unpaired) electrons. The number of carbonyl (C=O) groups is 1. The van der Waals surface area contributed by atoms with Gasteiger partial charge in [-0.1, -0.05) is 18.2 Å². The number of anilines is 1. The highest BCUT2D eigenvalue weighted by atomic mass is 16.5. The lowest BCUT2D eigenvalue weighted by atomic mass is 10.2. The first-order valence-corrected chi connectivity index (χ1v) is 9.01. The molecule has 4 rings (SSSR count). The van der Waals surface area contributed by atoms with Crippen LogP contribution < -0.4 is 14.8 Å². The number of carbonyl (C=O) groups excluding carboxylic acids is 1. The number of rotatable bonds is 6. The van der Waals surface area contributed by atoms with Crippen LogP contribution in [-0.2, 0) is 0 Å². The standard InChI is InChI=1S/C22H20N4O3/c1-28-19-11-10-16(14-20(19)29-2)24-21(27)18-15-23-26(17-8-4-3-5-9-17)22(18)25-12-6-7-13-25/h3-15H,1-2H3,(H,24,27). The Morgan fingerprint density at radius 2 is 1.66 bits per heavy atom. The van der Waals surface area contributed by atoms with Gasteiger partial charge in [-0.25, -0.2) is 4.68 Å². The topological polar surface area (TPSA) is 70.3 Å². The molecular formula is C22H20N4O3. The Morgan fingerprint density at radius 1 is 0.931 bits per heavy atom. The van der Waals surface area contributed by atoms with Gasteiger partial charge in [0.1, 0.15) is 5.56 Å². The van der Waals surface area contributed by atoms with E-state index in [9.17, 15) is 4.79 Å². The van der Waals surface area contributed by atoms with Crippen molar-refractivity contribution in [2.45, 2.75) is 0 Å². The maximum atomic E-state index is 13.1. The van der Waals surface area contributed by atoms with Crippen LogP contribution in [0.25, 0.3) is 11.5 Å². The molecule has 0 aliphatic rings. The summed E-state index contributed by atoms with van der Waals surface area (Å²) in [7, 11) is 3.12. The third kappa shape index (κ3) is 3.58. The van der Waals surface area contributed by atoms with Gasteiger partial charge in [-0.15, -0.1) is 0 Å². The molecule has 7 heteroatoms. The van der Waals surface area contributed by atoms with Crippen LogP contribution in [0, 0.1) is 0 Å². The molecule has 0 fully saturated rings. The van der Waals surface area contributed by atoms with E-state index in [1.807, 2.05) is 59.4 Å². The van der Waals surface area contributed by atoms with Crippen LogP contribution >= 0.6 is 0 Å². The van der Waals surface area contributed by atoms with Gasteiger partial charge in [-0.05, 0) is 36.4 Å². The first-order valence-electron chi connectivity index (χ1n) is 9.01. The zero-order chi connectivity index (χ0) is 20.2. The third-order valence-corrected chi connectivity index (χ3v) is 4.48. The van der Waals surface area contributed by atoms with Gasteiger partial charge < -0.3 is 19.4 Å². The lowest BCUT2D eigenvalue weighted by Gasteiger charge is -2.12. The van der Waals surface area contributed by atoms with Gasteiger partial charge in [-0.3, -0.25) is 4.79 Å². The van der Waals surface area contributed by atoms with E-state index in [-0.39, 0.29) is 5.91 Å².